The van der Waals surface area contributed by atoms with Crippen molar-refractivity contribution >= 4 is 0 Å². The van der Waals surface area contributed by atoms with Crippen LogP contribution in [-0.4, -0.2) is 11.7 Å². The number of aliphatic hydroxyl groups is 1. The first-order valence-electron chi connectivity index (χ1n) is 6.98. The number of hydrogen-bond donors (Lipinski definition) is 2. The molecule has 22 heavy (non-hydrogen) atoms. The number of benzene rings is 2. The van der Waals surface area contributed by atoms with Gasteiger partial charge in [-0.05, 0) is 35.7 Å². The highest BCUT2D eigenvalue weighted by Crippen LogP contribution is 2.30. The molecule has 0 aliphatic heterocycles. The Hall–Kier alpha value is -1.85. The fourth-order valence-corrected chi connectivity index (χ4v) is 2.19. The van der Waals surface area contributed by atoms with Gasteiger partial charge in [-0.2, -0.15) is 13.2 Å². The van der Waals surface area contributed by atoms with Gasteiger partial charge in [0.2, 0.25) is 0 Å². The summed E-state index contributed by atoms with van der Waals surface area (Å²) in [6.07, 6.45) is -5.38. The smallest absolute Gasteiger partial charge is 0.387 e. The molecule has 2 nitrogen and oxygen atoms in total. The summed E-state index contributed by atoms with van der Waals surface area (Å²) in [5.74, 6) is 0. The lowest BCUT2D eigenvalue weighted by molar-refractivity contribution is -0.137. The van der Waals surface area contributed by atoms with Crippen LogP contribution in [0.4, 0.5) is 13.2 Å². The van der Waals surface area contributed by atoms with E-state index < -0.39 is 17.8 Å². The molecule has 0 amide bonds. The Morgan fingerprint density at radius 1 is 1.09 bits per heavy atom. The van der Waals surface area contributed by atoms with Gasteiger partial charge in [0.15, 0.2) is 0 Å². The van der Waals surface area contributed by atoms with Gasteiger partial charge < -0.3 is 10.4 Å². The average Bonchev–Trinajstić information content (AvgIpc) is 2.48. The molecule has 0 heterocycles. The first kappa shape index (κ1) is 16.5. The van der Waals surface area contributed by atoms with E-state index in [2.05, 4.69) is 5.32 Å². The lowest BCUT2D eigenvalue weighted by Gasteiger charge is -2.15. The minimum atomic E-state index is -4.40. The molecular formula is C17H18F3NO. The monoisotopic (exact) mass is 309 g/mol. The van der Waals surface area contributed by atoms with Gasteiger partial charge >= 0.3 is 6.18 Å². The SMILES string of the molecule is Cc1ccccc1CNC[C@H](O)c1cccc(C(F)(F)F)c1. The van der Waals surface area contributed by atoms with Gasteiger partial charge in [-0.3, -0.25) is 0 Å². The fraction of sp³-hybridized carbons (Fsp3) is 0.294. The Balaban J connectivity index is 1.95. The minimum Gasteiger partial charge on any atom is -0.387 e. The van der Waals surface area contributed by atoms with Gasteiger partial charge in [0, 0.05) is 13.1 Å². The van der Waals surface area contributed by atoms with E-state index in [0.717, 1.165) is 23.3 Å². The number of hydrogen-bond acceptors (Lipinski definition) is 2. The molecule has 2 aromatic carbocycles. The van der Waals surface area contributed by atoms with Crippen LogP contribution in [0.3, 0.4) is 0 Å². The number of nitrogens with one attached hydrogen (secondary N) is 1. The van der Waals surface area contributed by atoms with Crippen molar-refractivity contribution < 1.29 is 18.3 Å². The van der Waals surface area contributed by atoms with Crippen molar-refractivity contribution in [3.05, 3.63) is 70.8 Å². The standard InChI is InChI=1S/C17H18F3NO/c1-12-5-2-3-6-14(12)10-21-11-16(22)13-7-4-8-15(9-13)17(18,19)20/h2-9,16,21-22H,10-11H2,1H3/t16-/m0/s1. The molecule has 0 aliphatic carbocycles. The lowest BCUT2D eigenvalue weighted by atomic mass is 10.1. The lowest BCUT2D eigenvalue weighted by Crippen LogP contribution is -2.21. The summed E-state index contributed by atoms with van der Waals surface area (Å²) in [5.41, 5.74) is 1.73. The average molecular weight is 309 g/mol. The van der Waals surface area contributed by atoms with E-state index >= 15 is 0 Å². The Labute approximate surface area is 127 Å². The van der Waals surface area contributed by atoms with Crippen molar-refractivity contribution in [1.29, 1.82) is 0 Å². The number of aryl methyl sites for hydroxylation is 1. The maximum atomic E-state index is 12.7. The summed E-state index contributed by atoms with van der Waals surface area (Å²) in [4.78, 5) is 0. The molecule has 2 N–H and O–H groups in total. The van der Waals surface area contributed by atoms with E-state index in [-0.39, 0.29) is 12.1 Å². The Morgan fingerprint density at radius 3 is 2.50 bits per heavy atom. The van der Waals surface area contributed by atoms with Gasteiger partial charge in [-0.15, -0.1) is 0 Å². The van der Waals surface area contributed by atoms with Crippen LogP contribution in [0.25, 0.3) is 0 Å². The maximum Gasteiger partial charge on any atom is 0.416 e. The van der Waals surface area contributed by atoms with Crippen LogP contribution < -0.4 is 5.32 Å². The Morgan fingerprint density at radius 2 is 1.82 bits per heavy atom. The van der Waals surface area contributed by atoms with Crippen molar-refractivity contribution in [2.45, 2.75) is 25.7 Å². The van der Waals surface area contributed by atoms with Gasteiger partial charge in [-0.25, -0.2) is 0 Å². The van der Waals surface area contributed by atoms with Crippen LogP contribution in [0.1, 0.15) is 28.4 Å². The third-order valence-corrected chi connectivity index (χ3v) is 3.51. The third-order valence-electron chi connectivity index (χ3n) is 3.51. The highest BCUT2D eigenvalue weighted by molar-refractivity contribution is 5.28. The van der Waals surface area contributed by atoms with Gasteiger partial charge in [-0.1, -0.05) is 36.4 Å². The summed E-state index contributed by atoms with van der Waals surface area (Å²) in [5, 5.41) is 13.1. The van der Waals surface area contributed by atoms with Gasteiger partial charge in [0.05, 0.1) is 11.7 Å². The molecule has 0 spiro atoms. The zero-order valence-electron chi connectivity index (χ0n) is 12.2. The molecule has 5 heteroatoms. The third kappa shape index (κ3) is 4.32. The maximum absolute atomic E-state index is 12.7. The summed E-state index contributed by atoms with van der Waals surface area (Å²) in [6.45, 7) is 2.73. The normalized spacial score (nSPS) is 13.1. The quantitative estimate of drug-likeness (QED) is 0.879. The van der Waals surface area contributed by atoms with E-state index in [1.54, 1.807) is 0 Å². The first-order chi connectivity index (χ1) is 10.4. The summed E-state index contributed by atoms with van der Waals surface area (Å²) >= 11 is 0. The van der Waals surface area contributed by atoms with Gasteiger partial charge in [0.25, 0.3) is 0 Å². The molecule has 2 aromatic rings. The van der Waals surface area contributed by atoms with E-state index in [9.17, 15) is 18.3 Å². The summed E-state index contributed by atoms with van der Waals surface area (Å²) in [6, 6.07) is 12.6. The predicted octanol–water partition coefficient (Wildman–Crippen LogP) is 3.84. The molecule has 0 saturated carbocycles. The van der Waals surface area contributed by atoms with Crippen molar-refractivity contribution in [3.8, 4) is 0 Å². The molecule has 0 unspecified atom stereocenters. The second-order valence-electron chi connectivity index (χ2n) is 5.20. The van der Waals surface area contributed by atoms with Crippen molar-refractivity contribution in [3.63, 3.8) is 0 Å². The molecule has 0 aliphatic rings. The van der Waals surface area contributed by atoms with Crippen LogP contribution in [0.15, 0.2) is 48.5 Å². The van der Waals surface area contributed by atoms with Crippen molar-refractivity contribution in [2.24, 2.45) is 0 Å². The van der Waals surface area contributed by atoms with E-state index in [4.69, 9.17) is 0 Å². The minimum absolute atomic E-state index is 0.190. The fourth-order valence-electron chi connectivity index (χ4n) is 2.19. The van der Waals surface area contributed by atoms with Crippen LogP contribution in [0.5, 0.6) is 0 Å². The molecule has 118 valence electrons. The molecule has 0 saturated heterocycles. The highest BCUT2D eigenvalue weighted by Gasteiger charge is 2.30. The van der Waals surface area contributed by atoms with Gasteiger partial charge in [0.1, 0.15) is 0 Å². The molecule has 0 fully saturated rings. The number of alkyl halides is 3. The second kappa shape index (κ2) is 6.94. The molecular weight excluding hydrogens is 291 g/mol. The number of rotatable bonds is 5. The number of aliphatic hydroxyl groups excluding tert-OH is 1. The zero-order valence-corrected chi connectivity index (χ0v) is 12.2. The van der Waals surface area contributed by atoms with Crippen LogP contribution in [0, 0.1) is 6.92 Å². The largest absolute Gasteiger partial charge is 0.416 e. The van der Waals surface area contributed by atoms with Crippen LogP contribution in [0.2, 0.25) is 0 Å². The first-order valence-corrected chi connectivity index (χ1v) is 6.98. The molecule has 0 bridgehead atoms. The summed E-state index contributed by atoms with van der Waals surface area (Å²) < 4.78 is 38.0. The highest BCUT2D eigenvalue weighted by atomic mass is 19.4. The summed E-state index contributed by atoms with van der Waals surface area (Å²) in [7, 11) is 0. The Kier molecular flexibility index (Phi) is 5.21. The van der Waals surface area contributed by atoms with Crippen LogP contribution in [-0.2, 0) is 12.7 Å². The second-order valence-corrected chi connectivity index (χ2v) is 5.20. The topological polar surface area (TPSA) is 32.3 Å². The molecule has 0 aromatic heterocycles. The Bertz CT molecular complexity index is 625. The van der Waals surface area contributed by atoms with E-state index in [0.29, 0.717) is 6.54 Å². The van der Waals surface area contributed by atoms with E-state index in [1.165, 1.54) is 12.1 Å². The van der Waals surface area contributed by atoms with Crippen molar-refractivity contribution in [2.75, 3.05) is 6.54 Å². The zero-order chi connectivity index (χ0) is 16.2. The predicted molar refractivity (Wildman–Crippen MR) is 79.3 cm³/mol. The molecule has 0 radical (unpaired) electrons. The van der Waals surface area contributed by atoms with Crippen LogP contribution >= 0.6 is 0 Å². The van der Waals surface area contributed by atoms with Crippen molar-refractivity contribution in [1.82, 2.24) is 5.32 Å². The number of halogens is 3. The molecule has 2 rings (SSSR count). The van der Waals surface area contributed by atoms with E-state index in [1.807, 2.05) is 31.2 Å². The molecule has 1 atom stereocenters.